The zero-order valence-electron chi connectivity index (χ0n) is 10.6. The van der Waals surface area contributed by atoms with Crippen LogP contribution in [0.4, 0.5) is 5.69 Å². The van der Waals surface area contributed by atoms with Crippen molar-refractivity contribution in [2.24, 2.45) is 5.73 Å². The van der Waals surface area contributed by atoms with Gasteiger partial charge in [-0.3, -0.25) is 4.79 Å². The van der Waals surface area contributed by atoms with Gasteiger partial charge in [-0.1, -0.05) is 12.1 Å². The fourth-order valence-corrected chi connectivity index (χ4v) is 1.50. The van der Waals surface area contributed by atoms with Crippen LogP contribution in [0.2, 0.25) is 0 Å². The van der Waals surface area contributed by atoms with E-state index in [1.807, 2.05) is 24.1 Å². The maximum Gasteiger partial charge on any atom is 0.259 e. The van der Waals surface area contributed by atoms with Gasteiger partial charge in [0.1, 0.15) is 11.6 Å². The van der Waals surface area contributed by atoms with E-state index < -0.39 is 5.91 Å². The van der Waals surface area contributed by atoms with E-state index in [1.165, 1.54) is 6.08 Å². The highest BCUT2D eigenvalue weighted by Gasteiger charge is 2.04. The first-order chi connectivity index (χ1) is 9.08. The van der Waals surface area contributed by atoms with Crippen LogP contribution in [0.3, 0.4) is 0 Å². The van der Waals surface area contributed by atoms with Gasteiger partial charge in [0.15, 0.2) is 0 Å². The molecule has 0 aliphatic heterocycles. The molecule has 0 fully saturated rings. The molecule has 0 aromatic heterocycles. The number of anilines is 1. The van der Waals surface area contributed by atoms with Crippen LogP contribution < -0.4 is 10.6 Å². The average molecular weight is 254 g/mol. The third kappa shape index (κ3) is 4.18. The molecule has 1 aromatic rings. The molecule has 0 aliphatic rings. The van der Waals surface area contributed by atoms with Gasteiger partial charge in [0, 0.05) is 19.3 Å². The van der Waals surface area contributed by atoms with Gasteiger partial charge in [-0.25, -0.2) is 0 Å². The van der Waals surface area contributed by atoms with Gasteiger partial charge in [-0.05, 0) is 23.8 Å². The summed E-state index contributed by atoms with van der Waals surface area (Å²) in [7, 11) is 1.90. The molecular weight excluding hydrogens is 240 g/mol. The second-order valence-corrected chi connectivity index (χ2v) is 3.96. The van der Waals surface area contributed by atoms with E-state index in [-0.39, 0.29) is 5.57 Å². The molecule has 0 saturated heterocycles. The quantitative estimate of drug-likeness (QED) is 0.635. The first-order valence-electron chi connectivity index (χ1n) is 5.68. The fraction of sp³-hybridized carbons (Fsp3) is 0.214. The predicted octanol–water partition coefficient (Wildman–Crippen LogP) is 1.43. The molecule has 0 atom stereocenters. The van der Waals surface area contributed by atoms with Gasteiger partial charge in [-0.15, -0.1) is 0 Å². The summed E-state index contributed by atoms with van der Waals surface area (Å²) in [5.41, 5.74) is 6.67. The number of primary amides is 1. The predicted molar refractivity (Wildman–Crippen MR) is 72.7 cm³/mol. The zero-order chi connectivity index (χ0) is 14.3. The number of rotatable bonds is 5. The maximum atomic E-state index is 10.9. The standard InChI is InChI=1S/C14H14N4O/c1-18(8-2-7-15)13-5-3-11(4-6-13)9-12(10-16)14(17)19/h3-6,9H,2,8H2,1H3,(H2,17,19). The fourth-order valence-electron chi connectivity index (χ4n) is 1.50. The van der Waals surface area contributed by atoms with Crippen molar-refractivity contribution in [1.29, 1.82) is 10.5 Å². The Morgan fingerprint density at radius 3 is 2.47 bits per heavy atom. The highest BCUT2D eigenvalue weighted by atomic mass is 16.1. The number of hydrogen-bond acceptors (Lipinski definition) is 4. The summed E-state index contributed by atoms with van der Waals surface area (Å²) in [6.45, 7) is 0.649. The molecule has 0 heterocycles. The third-order valence-corrected chi connectivity index (χ3v) is 2.59. The summed E-state index contributed by atoms with van der Waals surface area (Å²) >= 11 is 0. The Morgan fingerprint density at radius 1 is 1.37 bits per heavy atom. The first kappa shape index (κ1) is 14.3. The van der Waals surface area contributed by atoms with Crippen molar-refractivity contribution < 1.29 is 4.79 Å². The molecule has 19 heavy (non-hydrogen) atoms. The summed E-state index contributed by atoms with van der Waals surface area (Å²) in [5, 5.41) is 17.3. The summed E-state index contributed by atoms with van der Waals surface area (Å²) < 4.78 is 0. The summed E-state index contributed by atoms with van der Waals surface area (Å²) in [5.74, 6) is -0.738. The number of amides is 1. The Kier molecular flexibility index (Phi) is 5.13. The molecule has 5 heteroatoms. The number of benzene rings is 1. The second kappa shape index (κ2) is 6.83. The lowest BCUT2D eigenvalue weighted by atomic mass is 10.1. The van der Waals surface area contributed by atoms with E-state index in [0.717, 1.165) is 11.3 Å². The highest BCUT2D eigenvalue weighted by molar-refractivity contribution is 6.00. The van der Waals surface area contributed by atoms with Crippen LogP contribution in [0, 0.1) is 22.7 Å². The summed E-state index contributed by atoms with van der Waals surface area (Å²) in [6.07, 6.45) is 1.90. The SMILES string of the molecule is CN(CCC#N)c1ccc(C=C(C#N)C(N)=O)cc1. The van der Waals surface area contributed by atoms with Crippen molar-refractivity contribution in [1.82, 2.24) is 0 Å². The largest absolute Gasteiger partial charge is 0.374 e. The second-order valence-electron chi connectivity index (χ2n) is 3.96. The first-order valence-corrected chi connectivity index (χ1v) is 5.68. The Bertz CT molecular complexity index is 561. The minimum Gasteiger partial charge on any atom is -0.374 e. The van der Waals surface area contributed by atoms with Gasteiger partial charge >= 0.3 is 0 Å². The molecule has 2 N–H and O–H groups in total. The van der Waals surface area contributed by atoms with E-state index in [9.17, 15) is 4.79 Å². The number of carbonyl (C=O) groups excluding carboxylic acids is 1. The van der Waals surface area contributed by atoms with Crippen LogP contribution in [0.25, 0.3) is 6.08 Å². The normalized spacial score (nSPS) is 10.4. The van der Waals surface area contributed by atoms with Crippen molar-refractivity contribution in [2.45, 2.75) is 6.42 Å². The molecule has 1 amide bonds. The van der Waals surface area contributed by atoms with Crippen molar-refractivity contribution in [3.05, 3.63) is 35.4 Å². The summed E-state index contributed by atoms with van der Waals surface area (Å²) in [4.78, 5) is 12.9. The van der Waals surface area contributed by atoms with Crippen molar-refractivity contribution in [3.63, 3.8) is 0 Å². The minimum atomic E-state index is -0.738. The minimum absolute atomic E-state index is 0.0782. The molecule has 0 saturated carbocycles. The van der Waals surface area contributed by atoms with Gasteiger partial charge in [0.25, 0.3) is 5.91 Å². The highest BCUT2D eigenvalue weighted by Crippen LogP contribution is 2.15. The van der Waals surface area contributed by atoms with Crippen molar-refractivity contribution in [2.75, 3.05) is 18.5 Å². The number of carbonyl (C=O) groups is 1. The Labute approximate surface area is 112 Å². The Balaban J connectivity index is 2.86. The van der Waals surface area contributed by atoms with Gasteiger partial charge in [-0.2, -0.15) is 10.5 Å². The number of nitrogens with zero attached hydrogens (tertiary/aromatic N) is 3. The molecule has 0 bridgehead atoms. The van der Waals surface area contributed by atoms with E-state index in [1.54, 1.807) is 18.2 Å². The van der Waals surface area contributed by atoms with Gasteiger partial charge in [0.05, 0.1) is 12.5 Å². The topological polar surface area (TPSA) is 93.9 Å². The molecule has 96 valence electrons. The molecule has 0 unspecified atom stereocenters. The van der Waals surface area contributed by atoms with Gasteiger partial charge < -0.3 is 10.6 Å². The maximum absolute atomic E-state index is 10.9. The number of nitrogens with two attached hydrogens (primary N) is 1. The van der Waals surface area contributed by atoms with Crippen LogP contribution in [-0.2, 0) is 4.79 Å². The molecule has 1 aromatic carbocycles. The lowest BCUT2D eigenvalue weighted by Crippen LogP contribution is -2.17. The molecular formula is C14H14N4O. The lowest BCUT2D eigenvalue weighted by molar-refractivity contribution is -0.114. The molecule has 0 radical (unpaired) electrons. The van der Waals surface area contributed by atoms with Crippen LogP contribution in [0.1, 0.15) is 12.0 Å². The van der Waals surface area contributed by atoms with E-state index in [4.69, 9.17) is 16.3 Å². The molecule has 1 rings (SSSR count). The van der Waals surface area contributed by atoms with Crippen LogP contribution in [-0.4, -0.2) is 19.5 Å². The van der Waals surface area contributed by atoms with Crippen LogP contribution in [0.5, 0.6) is 0 Å². The van der Waals surface area contributed by atoms with E-state index >= 15 is 0 Å². The molecule has 0 spiro atoms. The third-order valence-electron chi connectivity index (χ3n) is 2.59. The summed E-state index contributed by atoms with van der Waals surface area (Å²) in [6, 6.07) is 11.1. The van der Waals surface area contributed by atoms with E-state index in [2.05, 4.69) is 6.07 Å². The zero-order valence-corrected chi connectivity index (χ0v) is 10.6. The Morgan fingerprint density at radius 2 is 2.00 bits per heavy atom. The smallest absolute Gasteiger partial charge is 0.259 e. The molecule has 5 nitrogen and oxygen atoms in total. The van der Waals surface area contributed by atoms with E-state index in [0.29, 0.717) is 13.0 Å². The van der Waals surface area contributed by atoms with Crippen molar-refractivity contribution >= 4 is 17.7 Å². The number of nitriles is 2. The van der Waals surface area contributed by atoms with Gasteiger partial charge in [0.2, 0.25) is 0 Å². The van der Waals surface area contributed by atoms with Crippen LogP contribution >= 0.6 is 0 Å². The number of hydrogen-bond donors (Lipinski definition) is 1. The lowest BCUT2D eigenvalue weighted by Gasteiger charge is -2.17. The Hall–Kier alpha value is -2.79. The average Bonchev–Trinajstić information content (AvgIpc) is 2.42. The monoisotopic (exact) mass is 254 g/mol. The molecule has 0 aliphatic carbocycles. The van der Waals surface area contributed by atoms with Crippen molar-refractivity contribution in [3.8, 4) is 12.1 Å². The van der Waals surface area contributed by atoms with Crippen LogP contribution in [0.15, 0.2) is 29.8 Å².